The molecule has 1 amide bonds. The molecule has 4 nitrogen and oxygen atoms in total. The molecule has 2 bridgehead atoms. The Morgan fingerprint density at radius 1 is 1.29 bits per heavy atom. The lowest BCUT2D eigenvalue weighted by atomic mass is 10.2. The van der Waals surface area contributed by atoms with Gasteiger partial charge in [-0.1, -0.05) is 6.58 Å². The molecule has 0 aromatic rings. The molecule has 0 radical (unpaired) electrons. The molecular weight excluding hydrogens is 216 g/mol. The van der Waals surface area contributed by atoms with E-state index in [4.69, 9.17) is 4.74 Å². The van der Waals surface area contributed by atoms with Gasteiger partial charge in [-0.15, -0.1) is 0 Å². The van der Waals surface area contributed by atoms with Crippen molar-refractivity contribution in [3.8, 4) is 0 Å². The molecule has 0 N–H and O–H groups in total. The Balaban J connectivity index is 2.04. The molecule has 2 unspecified atom stereocenters. The molecule has 2 fully saturated rings. The fraction of sp³-hybridized carbons (Fsp3) is 0.769. The lowest BCUT2D eigenvalue weighted by Crippen LogP contribution is -2.55. The maximum Gasteiger partial charge on any atom is 0.410 e. The largest absolute Gasteiger partial charge is 0.444 e. The van der Waals surface area contributed by atoms with Crippen LogP contribution in [0.4, 0.5) is 4.79 Å². The number of nitrogens with zero attached hydrogens (tertiary/aromatic N) is 2. The summed E-state index contributed by atoms with van der Waals surface area (Å²) in [5.41, 5.74) is -0.411. The number of carbonyl (C=O) groups excluding carboxylic acids is 1. The lowest BCUT2D eigenvalue weighted by molar-refractivity contribution is 0.000985. The van der Waals surface area contributed by atoms with Gasteiger partial charge in [-0.3, -0.25) is 4.90 Å². The minimum atomic E-state index is -0.411. The molecule has 2 heterocycles. The van der Waals surface area contributed by atoms with Crippen molar-refractivity contribution in [2.45, 2.75) is 51.3 Å². The van der Waals surface area contributed by atoms with Crippen LogP contribution in [0.1, 0.15) is 33.6 Å². The summed E-state index contributed by atoms with van der Waals surface area (Å²) in [4.78, 5) is 16.3. The SMILES string of the molecule is C=CN1CC2CCC(C1)N2C(=O)OC(C)(C)C. The van der Waals surface area contributed by atoms with E-state index in [0.29, 0.717) is 12.1 Å². The molecule has 0 saturated carbocycles. The fourth-order valence-electron chi connectivity index (χ4n) is 2.70. The van der Waals surface area contributed by atoms with Crippen LogP contribution in [-0.2, 0) is 4.74 Å². The monoisotopic (exact) mass is 238 g/mol. The van der Waals surface area contributed by atoms with Gasteiger partial charge in [-0.2, -0.15) is 0 Å². The number of fused-ring (bicyclic) bond motifs is 2. The zero-order chi connectivity index (χ0) is 12.6. The second-order valence-corrected chi connectivity index (χ2v) is 5.91. The van der Waals surface area contributed by atoms with E-state index < -0.39 is 5.60 Å². The first-order valence-electron chi connectivity index (χ1n) is 6.28. The Bertz CT molecular complexity index is 308. The van der Waals surface area contributed by atoms with Crippen LogP contribution in [0.15, 0.2) is 12.8 Å². The topological polar surface area (TPSA) is 32.8 Å². The minimum absolute atomic E-state index is 0.159. The molecule has 2 saturated heterocycles. The Morgan fingerprint density at radius 2 is 1.82 bits per heavy atom. The molecule has 2 atom stereocenters. The molecule has 2 rings (SSSR count). The van der Waals surface area contributed by atoms with Gasteiger partial charge in [0.2, 0.25) is 0 Å². The molecule has 0 spiro atoms. The highest BCUT2D eigenvalue weighted by Crippen LogP contribution is 2.31. The predicted molar refractivity (Wildman–Crippen MR) is 66.7 cm³/mol. The third-order valence-corrected chi connectivity index (χ3v) is 3.37. The second kappa shape index (κ2) is 4.24. The highest BCUT2D eigenvalue weighted by molar-refractivity contribution is 5.69. The molecule has 0 aliphatic carbocycles. The Hall–Kier alpha value is -1.19. The van der Waals surface area contributed by atoms with E-state index in [1.165, 1.54) is 0 Å². The minimum Gasteiger partial charge on any atom is -0.444 e. The highest BCUT2D eigenvalue weighted by atomic mass is 16.6. The molecule has 2 aliphatic rings. The van der Waals surface area contributed by atoms with E-state index in [1.54, 1.807) is 0 Å². The summed E-state index contributed by atoms with van der Waals surface area (Å²) < 4.78 is 5.47. The van der Waals surface area contributed by atoms with Gasteiger partial charge in [0, 0.05) is 13.1 Å². The fourth-order valence-corrected chi connectivity index (χ4v) is 2.70. The van der Waals surface area contributed by atoms with Gasteiger partial charge in [0.25, 0.3) is 0 Å². The third-order valence-electron chi connectivity index (χ3n) is 3.37. The van der Waals surface area contributed by atoms with E-state index in [1.807, 2.05) is 31.9 Å². The number of likely N-dealkylation sites (tertiary alicyclic amines) is 1. The molecule has 0 aromatic heterocycles. The van der Waals surface area contributed by atoms with E-state index in [2.05, 4.69) is 11.5 Å². The van der Waals surface area contributed by atoms with Crippen LogP contribution in [0.2, 0.25) is 0 Å². The molecule has 17 heavy (non-hydrogen) atoms. The van der Waals surface area contributed by atoms with Crippen molar-refractivity contribution in [2.75, 3.05) is 13.1 Å². The van der Waals surface area contributed by atoms with Crippen LogP contribution in [-0.4, -0.2) is 46.7 Å². The van der Waals surface area contributed by atoms with Gasteiger partial charge in [0.05, 0.1) is 12.1 Å². The zero-order valence-electron chi connectivity index (χ0n) is 11.0. The normalized spacial score (nSPS) is 28.2. The van der Waals surface area contributed by atoms with E-state index in [9.17, 15) is 4.79 Å². The number of carbonyl (C=O) groups is 1. The Kier molecular flexibility index (Phi) is 3.06. The molecule has 96 valence electrons. The van der Waals surface area contributed by atoms with Crippen molar-refractivity contribution in [1.29, 1.82) is 0 Å². The van der Waals surface area contributed by atoms with Gasteiger partial charge < -0.3 is 9.64 Å². The number of amides is 1. The predicted octanol–water partition coefficient (Wildman–Crippen LogP) is 2.21. The molecule has 4 heteroatoms. The Morgan fingerprint density at radius 3 is 2.24 bits per heavy atom. The third kappa shape index (κ3) is 2.56. The van der Waals surface area contributed by atoms with Gasteiger partial charge in [-0.05, 0) is 39.8 Å². The van der Waals surface area contributed by atoms with Crippen molar-refractivity contribution >= 4 is 6.09 Å². The summed E-state index contributed by atoms with van der Waals surface area (Å²) in [6, 6.07) is 0.586. The van der Waals surface area contributed by atoms with Crippen LogP contribution < -0.4 is 0 Å². The summed E-state index contributed by atoms with van der Waals surface area (Å²) in [5, 5.41) is 0. The summed E-state index contributed by atoms with van der Waals surface area (Å²) in [6.07, 6.45) is 3.87. The van der Waals surface area contributed by atoms with Crippen molar-refractivity contribution in [3.05, 3.63) is 12.8 Å². The van der Waals surface area contributed by atoms with Crippen LogP contribution in [0.3, 0.4) is 0 Å². The standard InChI is InChI=1S/C13H22N2O2/c1-5-14-8-10-6-7-11(9-14)15(10)12(16)17-13(2,3)4/h5,10-11H,1,6-9H2,2-4H3. The summed E-state index contributed by atoms with van der Waals surface area (Å²) in [6.45, 7) is 11.3. The van der Waals surface area contributed by atoms with Crippen molar-refractivity contribution in [3.63, 3.8) is 0 Å². The first-order valence-corrected chi connectivity index (χ1v) is 6.28. The zero-order valence-corrected chi connectivity index (χ0v) is 11.0. The quantitative estimate of drug-likeness (QED) is 0.702. The van der Waals surface area contributed by atoms with E-state index in [0.717, 1.165) is 25.9 Å². The van der Waals surface area contributed by atoms with Crippen LogP contribution in [0, 0.1) is 0 Å². The van der Waals surface area contributed by atoms with Crippen LogP contribution >= 0.6 is 0 Å². The average molecular weight is 238 g/mol. The van der Waals surface area contributed by atoms with E-state index >= 15 is 0 Å². The first kappa shape index (κ1) is 12.3. The average Bonchev–Trinajstić information content (AvgIpc) is 2.47. The van der Waals surface area contributed by atoms with Gasteiger partial charge in [-0.25, -0.2) is 4.79 Å². The number of hydrogen-bond donors (Lipinski definition) is 0. The molecule has 0 aromatic carbocycles. The maximum absolute atomic E-state index is 12.1. The first-order chi connectivity index (χ1) is 7.90. The summed E-state index contributed by atoms with van der Waals surface area (Å²) >= 11 is 0. The number of ether oxygens (including phenoxy) is 1. The molecule has 2 aliphatic heterocycles. The Labute approximate surface area is 103 Å². The van der Waals surface area contributed by atoms with Gasteiger partial charge >= 0.3 is 6.09 Å². The van der Waals surface area contributed by atoms with Gasteiger partial charge in [0.15, 0.2) is 0 Å². The smallest absolute Gasteiger partial charge is 0.410 e. The van der Waals surface area contributed by atoms with Crippen LogP contribution in [0.25, 0.3) is 0 Å². The summed E-state index contributed by atoms with van der Waals surface area (Å²) in [7, 11) is 0. The van der Waals surface area contributed by atoms with Gasteiger partial charge in [0.1, 0.15) is 5.60 Å². The number of piperazine rings is 1. The maximum atomic E-state index is 12.1. The number of rotatable bonds is 1. The molecular formula is C13H22N2O2. The van der Waals surface area contributed by atoms with Crippen molar-refractivity contribution < 1.29 is 9.53 Å². The number of hydrogen-bond acceptors (Lipinski definition) is 3. The lowest BCUT2D eigenvalue weighted by Gasteiger charge is -2.40. The van der Waals surface area contributed by atoms with Crippen molar-refractivity contribution in [2.24, 2.45) is 0 Å². The summed E-state index contributed by atoms with van der Waals surface area (Å²) in [5.74, 6) is 0. The van der Waals surface area contributed by atoms with E-state index in [-0.39, 0.29) is 6.09 Å². The van der Waals surface area contributed by atoms with Crippen molar-refractivity contribution in [1.82, 2.24) is 9.80 Å². The second-order valence-electron chi connectivity index (χ2n) is 5.91. The highest BCUT2D eigenvalue weighted by Gasteiger charge is 2.43. The van der Waals surface area contributed by atoms with Crippen LogP contribution in [0.5, 0.6) is 0 Å².